The number of morpholine rings is 1. The molecule has 1 atom stereocenters. The van der Waals surface area contributed by atoms with Gasteiger partial charge in [-0.05, 0) is 18.4 Å². The first kappa shape index (κ1) is 27.9. The molecule has 1 aliphatic heterocycles. The Labute approximate surface area is 203 Å². The van der Waals surface area contributed by atoms with E-state index in [0.717, 1.165) is 45.7 Å². The Balaban J connectivity index is 1.53. The lowest BCUT2D eigenvalue weighted by molar-refractivity contribution is -0.122. The van der Waals surface area contributed by atoms with Gasteiger partial charge in [0, 0.05) is 32.1 Å². The standard InChI is InChI=1S/C29H50N2O2/c1-2-3-4-5-6-7-8-9-10-11-12-13-17-20-29(32)30-28(25-27-18-15-14-16-19-27)26-31-21-23-33-24-22-31/h14-16,18-19,28H,2-13,17,20-26H2,1H3,(H,30,32)/t28-/m0/s1. The number of carbonyl (C=O) groups excluding carboxylic acids is 1. The van der Waals surface area contributed by atoms with Gasteiger partial charge in [0.1, 0.15) is 0 Å². The molecule has 1 aliphatic rings. The summed E-state index contributed by atoms with van der Waals surface area (Å²) in [7, 11) is 0. The van der Waals surface area contributed by atoms with Gasteiger partial charge in [-0.25, -0.2) is 0 Å². The third kappa shape index (κ3) is 14.5. The van der Waals surface area contributed by atoms with E-state index in [9.17, 15) is 4.79 Å². The van der Waals surface area contributed by atoms with Crippen molar-refractivity contribution in [2.24, 2.45) is 0 Å². The van der Waals surface area contributed by atoms with Crippen molar-refractivity contribution in [2.45, 2.75) is 109 Å². The van der Waals surface area contributed by atoms with Crippen LogP contribution < -0.4 is 5.32 Å². The first-order valence-corrected chi connectivity index (χ1v) is 13.9. The van der Waals surface area contributed by atoms with Crippen molar-refractivity contribution in [2.75, 3.05) is 32.8 Å². The minimum Gasteiger partial charge on any atom is -0.379 e. The molecule has 1 saturated heterocycles. The maximum atomic E-state index is 12.6. The van der Waals surface area contributed by atoms with Crippen LogP contribution in [0.4, 0.5) is 0 Å². The van der Waals surface area contributed by atoms with Gasteiger partial charge in [-0.15, -0.1) is 0 Å². The highest BCUT2D eigenvalue weighted by Gasteiger charge is 2.19. The maximum absolute atomic E-state index is 12.6. The first-order chi connectivity index (χ1) is 16.3. The fraction of sp³-hybridized carbons (Fsp3) is 0.759. The summed E-state index contributed by atoms with van der Waals surface area (Å²) in [6, 6.07) is 10.7. The van der Waals surface area contributed by atoms with Crippen LogP contribution in [-0.2, 0) is 16.0 Å². The molecule has 1 N–H and O–H groups in total. The minimum absolute atomic E-state index is 0.167. The molecule has 4 heteroatoms. The zero-order valence-corrected chi connectivity index (χ0v) is 21.4. The summed E-state index contributed by atoms with van der Waals surface area (Å²) < 4.78 is 5.48. The molecule has 1 aromatic carbocycles. The van der Waals surface area contributed by atoms with E-state index < -0.39 is 0 Å². The highest BCUT2D eigenvalue weighted by Crippen LogP contribution is 2.13. The minimum atomic E-state index is 0.167. The molecule has 1 aromatic rings. The van der Waals surface area contributed by atoms with Gasteiger partial charge < -0.3 is 10.1 Å². The van der Waals surface area contributed by atoms with Crippen LogP contribution in [0.25, 0.3) is 0 Å². The number of carbonyl (C=O) groups is 1. The van der Waals surface area contributed by atoms with E-state index in [1.54, 1.807) is 0 Å². The lowest BCUT2D eigenvalue weighted by Crippen LogP contribution is -2.48. The summed E-state index contributed by atoms with van der Waals surface area (Å²) in [6.45, 7) is 6.69. The Morgan fingerprint density at radius 3 is 1.97 bits per heavy atom. The van der Waals surface area contributed by atoms with Crippen LogP contribution in [0.1, 0.15) is 102 Å². The fourth-order valence-electron chi connectivity index (χ4n) is 4.76. The van der Waals surface area contributed by atoms with E-state index in [0.29, 0.717) is 6.42 Å². The van der Waals surface area contributed by atoms with Gasteiger partial charge in [0.05, 0.1) is 13.2 Å². The number of unbranched alkanes of at least 4 members (excludes halogenated alkanes) is 12. The summed E-state index contributed by atoms with van der Waals surface area (Å²) in [5.41, 5.74) is 1.29. The van der Waals surface area contributed by atoms with Gasteiger partial charge in [-0.3, -0.25) is 9.69 Å². The van der Waals surface area contributed by atoms with Gasteiger partial charge in [0.15, 0.2) is 0 Å². The number of hydrogen-bond acceptors (Lipinski definition) is 3. The van der Waals surface area contributed by atoms with Crippen molar-refractivity contribution in [3.63, 3.8) is 0 Å². The lowest BCUT2D eigenvalue weighted by Gasteiger charge is -2.31. The Morgan fingerprint density at radius 1 is 0.848 bits per heavy atom. The number of nitrogens with one attached hydrogen (secondary N) is 1. The zero-order valence-electron chi connectivity index (χ0n) is 21.4. The van der Waals surface area contributed by atoms with Gasteiger partial charge in [-0.2, -0.15) is 0 Å². The summed E-state index contributed by atoms with van der Waals surface area (Å²) in [4.78, 5) is 15.1. The van der Waals surface area contributed by atoms with Crippen molar-refractivity contribution in [3.8, 4) is 0 Å². The molecule has 0 unspecified atom stereocenters. The highest BCUT2D eigenvalue weighted by atomic mass is 16.5. The largest absolute Gasteiger partial charge is 0.379 e. The Bertz CT molecular complexity index is 587. The molecule has 0 aliphatic carbocycles. The average Bonchev–Trinajstić information content (AvgIpc) is 2.83. The quantitative estimate of drug-likeness (QED) is 0.240. The third-order valence-corrected chi connectivity index (χ3v) is 6.78. The molecular formula is C29H50N2O2. The van der Waals surface area contributed by atoms with Crippen molar-refractivity contribution in [3.05, 3.63) is 35.9 Å². The van der Waals surface area contributed by atoms with Gasteiger partial charge >= 0.3 is 0 Å². The number of benzene rings is 1. The van der Waals surface area contributed by atoms with Crippen molar-refractivity contribution in [1.29, 1.82) is 0 Å². The van der Waals surface area contributed by atoms with Gasteiger partial charge in [0.25, 0.3) is 0 Å². The molecule has 1 heterocycles. The van der Waals surface area contributed by atoms with Crippen LogP contribution >= 0.6 is 0 Å². The van der Waals surface area contributed by atoms with Crippen LogP contribution in [0.2, 0.25) is 0 Å². The fourth-order valence-corrected chi connectivity index (χ4v) is 4.76. The molecular weight excluding hydrogens is 408 g/mol. The highest BCUT2D eigenvalue weighted by molar-refractivity contribution is 5.76. The molecule has 33 heavy (non-hydrogen) atoms. The molecule has 0 bridgehead atoms. The van der Waals surface area contributed by atoms with E-state index in [-0.39, 0.29) is 11.9 Å². The Morgan fingerprint density at radius 2 is 1.39 bits per heavy atom. The number of rotatable bonds is 19. The van der Waals surface area contributed by atoms with E-state index in [1.807, 2.05) is 6.07 Å². The summed E-state index contributed by atoms with van der Waals surface area (Å²) in [5.74, 6) is 0.215. The number of amides is 1. The van der Waals surface area contributed by atoms with Gasteiger partial charge in [0.2, 0.25) is 5.91 Å². The number of nitrogens with zero attached hydrogens (tertiary/aromatic N) is 1. The van der Waals surface area contributed by atoms with E-state index in [1.165, 1.54) is 82.6 Å². The number of ether oxygens (including phenoxy) is 1. The number of hydrogen-bond donors (Lipinski definition) is 1. The normalized spacial score (nSPS) is 15.4. The van der Waals surface area contributed by atoms with Crippen LogP contribution in [0.3, 0.4) is 0 Å². The predicted molar refractivity (Wildman–Crippen MR) is 140 cm³/mol. The SMILES string of the molecule is CCCCCCCCCCCCCCCC(=O)N[C@@H](Cc1ccccc1)CN1CCOCC1. The molecule has 1 fully saturated rings. The van der Waals surface area contributed by atoms with Crippen LogP contribution in [0, 0.1) is 0 Å². The predicted octanol–water partition coefficient (Wildman–Crippen LogP) is 6.53. The molecule has 0 saturated carbocycles. The average molecular weight is 459 g/mol. The molecule has 0 spiro atoms. The molecule has 1 amide bonds. The molecule has 4 nitrogen and oxygen atoms in total. The molecule has 188 valence electrons. The molecule has 0 aromatic heterocycles. The van der Waals surface area contributed by atoms with E-state index >= 15 is 0 Å². The Kier molecular flexibility index (Phi) is 16.0. The van der Waals surface area contributed by atoms with Crippen molar-refractivity contribution < 1.29 is 9.53 Å². The monoisotopic (exact) mass is 458 g/mol. The van der Waals surface area contributed by atoms with Crippen molar-refractivity contribution >= 4 is 5.91 Å². The van der Waals surface area contributed by atoms with Crippen molar-refractivity contribution in [1.82, 2.24) is 10.2 Å². The second-order valence-electron chi connectivity index (χ2n) is 9.86. The summed E-state index contributed by atoms with van der Waals surface area (Å²) in [6.07, 6.45) is 18.9. The first-order valence-electron chi connectivity index (χ1n) is 13.9. The smallest absolute Gasteiger partial charge is 0.220 e. The van der Waals surface area contributed by atoms with Crippen LogP contribution in [0.15, 0.2) is 30.3 Å². The molecule has 0 radical (unpaired) electrons. The Hall–Kier alpha value is -1.39. The van der Waals surface area contributed by atoms with Crippen LogP contribution in [-0.4, -0.2) is 49.7 Å². The van der Waals surface area contributed by atoms with Gasteiger partial charge in [-0.1, -0.05) is 114 Å². The zero-order chi connectivity index (χ0) is 23.4. The maximum Gasteiger partial charge on any atom is 0.220 e. The summed E-state index contributed by atoms with van der Waals surface area (Å²) >= 11 is 0. The summed E-state index contributed by atoms with van der Waals surface area (Å²) in [5, 5.41) is 3.33. The molecule has 2 rings (SSSR count). The second-order valence-corrected chi connectivity index (χ2v) is 9.86. The van der Waals surface area contributed by atoms with E-state index in [4.69, 9.17) is 4.74 Å². The topological polar surface area (TPSA) is 41.6 Å². The third-order valence-electron chi connectivity index (χ3n) is 6.78. The van der Waals surface area contributed by atoms with E-state index in [2.05, 4.69) is 41.4 Å². The van der Waals surface area contributed by atoms with Crippen LogP contribution in [0.5, 0.6) is 0 Å². The lowest BCUT2D eigenvalue weighted by atomic mass is 10.0. The second kappa shape index (κ2) is 19.0.